The van der Waals surface area contributed by atoms with Gasteiger partial charge in [0.15, 0.2) is 5.69 Å². The number of hydrogen-bond acceptors (Lipinski definition) is 3. The van der Waals surface area contributed by atoms with Crippen molar-refractivity contribution in [3.05, 3.63) is 52.8 Å². The number of aryl methyl sites for hydroxylation is 1. The van der Waals surface area contributed by atoms with E-state index in [9.17, 15) is 9.59 Å². The molecule has 3 heterocycles. The maximum Gasteiger partial charge on any atom is 0.275 e. The highest BCUT2D eigenvalue weighted by atomic mass is 35.5. The molecule has 1 aromatic heterocycles. The molecule has 27 heavy (non-hydrogen) atoms. The van der Waals surface area contributed by atoms with Gasteiger partial charge in [0, 0.05) is 39.4 Å². The van der Waals surface area contributed by atoms with Crippen molar-refractivity contribution in [2.24, 2.45) is 12.5 Å². The van der Waals surface area contributed by atoms with Gasteiger partial charge in [-0.15, -0.1) is 0 Å². The summed E-state index contributed by atoms with van der Waals surface area (Å²) in [6.45, 7) is 2.52. The summed E-state index contributed by atoms with van der Waals surface area (Å²) in [5.74, 6) is -0.00569. The molecule has 2 aromatic rings. The Hall–Kier alpha value is -2.34. The number of nitrogens with zero attached hydrogens (tertiary/aromatic N) is 4. The second-order valence-electron chi connectivity index (χ2n) is 7.53. The molecule has 2 saturated heterocycles. The number of aromatic nitrogens is 2. The van der Waals surface area contributed by atoms with E-state index >= 15 is 0 Å². The van der Waals surface area contributed by atoms with Crippen LogP contribution in [-0.4, -0.2) is 57.6 Å². The lowest BCUT2D eigenvalue weighted by Gasteiger charge is -2.23. The van der Waals surface area contributed by atoms with Crippen LogP contribution in [0.4, 0.5) is 0 Å². The highest BCUT2D eigenvalue weighted by Gasteiger charge is 2.51. The average molecular weight is 387 g/mol. The fraction of sp³-hybridized carbons (Fsp3) is 0.450. The number of hydrogen-bond donors (Lipinski definition) is 0. The zero-order valence-corrected chi connectivity index (χ0v) is 16.2. The van der Waals surface area contributed by atoms with Gasteiger partial charge in [0.2, 0.25) is 5.91 Å². The SMILES string of the molecule is Cn1cc(Cl)c(C(=O)N2CCC3(CCN(CCc4ccccc4)C3=O)C2)n1. The third-order valence-corrected chi connectivity index (χ3v) is 6.02. The molecule has 2 fully saturated rings. The Morgan fingerprint density at radius 1 is 1.22 bits per heavy atom. The van der Waals surface area contributed by atoms with Gasteiger partial charge in [-0.25, -0.2) is 0 Å². The monoisotopic (exact) mass is 386 g/mol. The van der Waals surface area contributed by atoms with Crippen LogP contribution < -0.4 is 0 Å². The van der Waals surface area contributed by atoms with Crippen molar-refractivity contribution in [2.75, 3.05) is 26.2 Å². The van der Waals surface area contributed by atoms with E-state index in [0.29, 0.717) is 24.5 Å². The van der Waals surface area contributed by atoms with E-state index in [1.54, 1.807) is 18.1 Å². The Morgan fingerprint density at radius 2 is 1.96 bits per heavy atom. The minimum absolute atomic E-state index is 0.181. The van der Waals surface area contributed by atoms with Crippen LogP contribution >= 0.6 is 11.6 Å². The van der Waals surface area contributed by atoms with Gasteiger partial charge >= 0.3 is 0 Å². The number of halogens is 1. The average Bonchev–Trinajstić information content (AvgIpc) is 3.34. The van der Waals surface area contributed by atoms with Crippen LogP contribution in [0.15, 0.2) is 36.5 Å². The highest BCUT2D eigenvalue weighted by Crippen LogP contribution is 2.41. The quantitative estimate of drug-likeness (QED) is 0.810. The van der Waals surface area contributed by atoms with Crippen LogP contribution in [0.5, 0.6) is 0 Å². The first-order valence-electron chi connectivity index (χ1n) is 9.30. The standard InChI is InChI=1S/C20H23ClN4O2/c1-23-13-16(21)17(22-23)18(26)25-12-9-20(14-25)8-11-24(19(20)27)10-7-15-5-3-2-4-6-15/h2-6,13H,7-12,14H2,1H3. The second-order valence-corrected chi connectivity index (χ2v) is 7.94. The van der Waals surface area contributed by atoms with E-state index in [1.165, 1.54) is 10.2 Å². The molecule has 2 aliphatic heterocycles. The number of likely N-dealkylation sites (tertiary alicyclic amines) is 2. The third kappa shape index (κ3) is 3.34. The fourth-order valence-corrected chi connectivity index (χ4v) is 4.45. The number of carbonyl (C=O) groups is 2. The summed E-state index contributed by atoms with van der Waals surface area (Å²) in [6, 6.07) is 10.2. The van der Waals surface area contributed by atoms with Crippen molar-refractivity contribution in [3.63, 3.8) is 0 Å². The Bertz CT molecular complexity index is 866. The molecule has 0 bridgehead atoms. The van der Waals surface area contributed by atoms with E-state index < -0.39 is 5.41 Å². The van der Waals surface area contributed by atoms with Gasteiger partial charge in [0.25, 0.3) is 5.91 Å². The van der Waals surface area contributed by atoms with Crippen LogP contribution in [0.1, 0.15) is 28.9 Å². The predicted octanol–water partition coefficient (Wildman–Crippen LogP) is 2.38. The lowest BCUT2D eigenvalue weighted by molar-refractivity contribution is -0.135. The molecule has 142 valence electrons. The third-order valence-electron chi connectivity index (χ3n) is 5.74. The molecule has 0 aliphatic carbocycles. The van der Waals surface area contributed by atoms with Gasteiger partial charge in [-0.3, -0.25) is 14.3 Å². The number of rotatable bonds is 4. The summed E-state index contributed by atoms with van der Waals surface area (Å²) >= 11 is 6.11. The topological polar surface area (TPSA) is 58.4 Å². The van der Waals surface area contributed by atoms with Crippen molar-refractivity contribution < 1.29 is 9.59 Å². The maximum absolute atomic E-state index is 13.1. The van der Waals surface area contributed by atoms with Crippen LogP contribution in [0.2, 0.25) is 5.02 Å². The predicted molar refractivity (Wildman–Crippen MR) is 103 cm³/mol. The van der Waals surface area contributed by atoms with E-state index in [1.807, 2.05) is 23.1 Å². The van der Waals surface area contributed by atoms with Gasteiger partial charge in [-0.1, -0.05) is 41.9 Å². The first-order chi connectivity index (χ1) is 13.0. The Morgan fingerprint density at radius 3 is 2.67 bits per heavy atom. The molecular formula is C20H23ClN4O2. The molecule has 1 unspecified atom stereocenters. The first kappa shape index (κ1) is 18.0. The van der Waals surface area contributed by atoms with Gasteiger partial charge in [0.05, 0.1) is 10.4 Å². The lowest BCUT2D eigenvalue weighted by Crippen LogP contribution is -2.39. The molecule has 0 saturated carbocycles. The van der Waals surface area contributed by atoms with Gasteiger partial charge in [-0.05, 0) is 24.8 Å². The molecule has 6 nitrogen and oxygen atoms in total. The smallest absolute Gasteiger partial charge is 0.275 e. The molecule has 0 N–H and O–H groups in total. The van der Waals surface area contributed by atoms with Gasteiger partial charge in [-0.2, -0.15) is 5.10 Å². The van der Waals surface area contributed by atoms with Crippen molar-refractivity contribution in [3.8, 4) is 0 Å². The molecule has 2 aliphatic rings. The van der Waals surface area contributed by atoms with Crippen LogP contribution in [-0.2, 0) is 18.3 Å². The van der Waals surface area contributed by atoms with Crippen molar-refractivity contribution in [2.45, 2.75) is 19.3 Å². The summed E-state index contributed by atoms with van der Waals surface area (Å²) in [7, 11) is 1.74. The maximum atomic E-state index is 13.1. The molecule has 1 aromatic carbocycles. The van der Waals surface area contributed by atoms with Crippen molar-refractivity contribution in [1.82, 2.24) is 19.6 Å². The van der Waals surface area contributed by atoms with Crippen molar-refractivity contribution >= 4 is 23.4 Å². The minimum Gasteiger partial charge on any atom is -0.342 e. The first-order valence-corrected chi connectivity index (χ1v) is 9.68. The Labute approximate surface area is 163 Å². The molecular weight excluding hydrogens is 364 g/mol. The fourth-order valence-electron chi connectivity index (χ4n) is 4.19. The van der Waals surface area contributed by atoms with Crippen LogP contribution in [0, 0.1) is 5.41 Å². The molecule has 1 spiro atoms. The Kier molecular flexibility index (Phi) is 4.68. The minimum atomic E-state index is -0.437. The van der Waals surface area contributed by atoms with Crippen molar-refractivity contribution in [1.29, 1.82) is 0 Å². The summed E-state index contributed by atoms with van der Waals surface area (Å²) in [6.07, 6.45) is 3.99. The number of benzene rings is 1. The summed E-state index contributed by atoms with van der Waals surface area (Å²) in [4.78, 5) is 29.5. The lowest BCUT2D eigenvalue weighted by atomic mass is 9.85. The molecule has 4 rings (SSSR count). The molecule has 7 heteroatoms. The summed E-state index contributed by atoms with van der Waals surface area (Å²) in [5, 5.41) is 4.52. The largest absolute Gasteiger partial charge is 0.342 e. The number of carbonyl (C=O) groups excluding carboxylic acids is 2. The molecule has 2 amide bonds. The zero-order valence-electron chi connectivity index (χ0n) is 15.4. The highest BCUT2D eigenvalue weighted by molar-refractivity contribution is 6.33. The van der Waals surface area contributed by atoms with E-state index in [0.717, 1.165) is 25.9 Å². The Balaban J connectivity index is 1.40. The van der Waals surface area contributed by atoms with E-state index in [-0.39, 0.29) is 17.5 Å². The zero-order chi connectivity index (χ0) is 19.0. The summed E-state index contributed by atoms with van der Waals surface area (Å²) in [5.41, 5.74) is 1.06. The van der Waals surface area contributed by atoms with Gasteiger partial charge in [0.1, 0.15) is 0 Å². The molecule has 0 radical (unpaired) electrons. The normalized spacial score (nSPS) is 22.2. The number of amides is 2. The van der Waals surface area contributed by atoms with Crippen LogP contribution in [0.3, 0.4) is 0 Å². The van der Waals surface area contributed by atoms with E-state index in [2.05, 4.69) is 17.2 Å². The second kappa shape index (κ2) is 7.00. The molecule has 1 atom stereocenters. The van der Waals surface area contributed by atoms with E-state index in [4.69, 9.17) is 11.6 Å². The summed E-state index contributed by atoms with van der Waals surface area (Å²) < 4.78 is 1.54. The van der Waals surface area contributed by atoms with Crippen LogP contribution in [0.25, 0.3) is 0 Å². The van der Waals surface area contributed by atoms with Gasteiger partial charge < -0.3 is 9.80 Å².